The van der Waals surface area contributed by atoms with E-state index in [2.05, 4.69) is 54.5 Å². The molecule has 0 aliphatic carbocycles. The summed E-state index contributed by atoms with van der Waals surface area (Å²) in [4.78, 5) is 22.4. The smallest absolute Gasteiger partial charge is 0.258 e. The van der Waals surface area contributed by atoms with Crippen LogP contribution in [0.3, 0.4) is 0 Å². The summed E-state index contributed by atoms with van der Waals surface area (Å²) in [6.45, 7) is 2.98. The van der Waals surface area contributed by atoms with E-state index < -0.39 is 0 Å². The largest absolute Gasteiger partial charge is 0.325 e. The molecular formula is C19H22N3OS+. The molecule has 3 rings (SSSR count). The quantitative estimate of drug-likeness (QED) is 0.702. The molecule has 2 atom stereocenters. The zero-order valence-corrected chi connectivity index (χ0v) is 15.0. The second-order valence-electron chi connectivity index (χ2n) is 6.06. The molecule has 0 bridgehead atoms. The van der Waals surface area contributed by atoms with Crippen LogP contribution < -0.4 is 10.5 Å². The lowest BCUT2D eigenvalue weighted by Crippen LogP contribution is -3.07. The molecule has 0 fully saturated rings. The number of H-pyrrole nitrogens is 1. The fraction of sp³-hybridized carbons (Fsp3) is 0.263. The van der Waals surface area contributed by atoms with Crippen molar-refractivity contribution >= 4 is 22.7 Å². The molecule has 0 radical (unpaired) electrons. The van der Waals surface area contributed by atoms with Gasteiger partial charge in [-0.2, -0.15) is 0 Å². The Kier molecular flexibility index (Phi) is 5.02. The maximum atomic E-state index is 12.2. The fourth-order valence-electron chi connectivity index (χ4n) is 2.76. The number of nitrogens with zero attached hydrogens (tertiary/aromatic N) is 1. The summed E-state index contributed by atoms with van der Waals surface area (Å²) in [6.07, 6.45) is 2.08. The van der Waals surface area contributed by atoms with Gasteiger partial charge in [-0.25, -0.2) is 4.98 Å². The number of hydrogen-bond donors (Lipinski definition) is 2. The van der Waals surface area contributed by atoms with E-state index in [-0.39, 0.29) is 11.6 Å². The summed E-state index contributed by atoms with van der Waals surface area (Å²) in [5.74, 6) is 0.733. The van der Waals surface area contributed by atoms with Crippen molar-refractivity contribution in [2.24, 2.45) is 0 Å². The predicted octanol–water partition coefficient (Wildman–Crippen LogP) is 2.42. The Balaban J connectivity index is 1.82. The number of quaternary nitrogens is 1. The van der Waals surface area contributed by atoms with Crippen molar-refractivity contribution in [2.45, 2.75) is 24.4 Å². The Morgan fingerprint density at radius 2 is 1.88 bits per heavy atom. The molecule has 0 saturated heterocycles. The number of fused-ring (bicyclic) bond motifs is 1. The second kappa shape index (κ2) is 7.20. The van der Waals surface area contributed by atoms with E-state index in [4.69, 9.17) is 0 Å². The average molecular weight is 340 g/mol. The minimum Gasteiger partial charge on any atom is -0.325 e. The van der Waals surface area contributed by atoms with Gasteiger partial charge < -0.3 is 9.88 Å². The lowest BCUT2D eigenvalue weighted by Gasteiger charge is -2.21. The molecule has 0 amide bonds. The monoisotopic (exact) mass is 340 g/mol. The van der Waals surface area contributed by atoms with Crippen LogP contribution in [0.15, 0.2) is 58.2 Å². The van der Waals surface area contributed by atoms with Gasteiger partial charge in [0.1, 0.15) is 12.6 Å². The van der Waals surface area contributed by atoms with Gasteiger partial charge in [-0.3, -0.25) is 4.79 Å². The first-order valence-corrected chi connectivity index (χ1v) is 9.25. The maximum absolute atomic E-state index is 12.2. The third-order valence-electron chi connectivity index (χ3n) is 4.42. The summed E-state index contributed by atoms with van der Waals surface area (Å²) < 4.78 is 0. The molecule has 5 heteroatoms. The number of hydrogen-bond acceptors (Lipinski definition) is 3. The van der Waals surface area contributed by atoms with E-state index in [0.29, 0.717) is 5.39 Å². The topological polar surface area (TPSA) is 50.2 Å². The van der Waals surface area contributed by atoms with Crippen molar-refractivity contribution < 1.29 is 4.90 Å². The highest BCUT2D eigenvalue weighted by Crippen LogP contribution is 2.15. The van der Waals surface area contributed by atoms with Crippen molar-refractivity contribution in [1.82, 2.24) is 9.97 Å². The summed E-state index contributed by atoms with van der Waals surface area (Å²) in [6, 6.07) is 16.2. The van der Waals surface area contributed by atoms with Gasteiger partial charge in [-0.05, 0) is 37.4 Å². The molecule has 1 aromatic heterocycles. The molecule has 2 aromatic carbocycles. The summed E-state index contributed by atoms with van der Waals surface area (Å²) >= 11 is 1.75. The van der Waals surface area contributed by atoms with Crippen LogP contribution in [0.5, 0.6) is 0 Å². The lowest BCUT2D eigenvalue weighted by atomic mass is 10.2. The second-order valence-corrected chi connectivity index (χ2v) is 6.94. The summed E-state index contributed by atoms with van der Waals surface area (Å²) in [5, 5.41) is 0.638. The van der Waals surface area contributed by atoms with Gasteiger partial charge in [0.25, 0.3) is 5.56 Å². The molecule has 124 valence electrons. The standard InChI is InChI=1S/C19H21N3OS/c1-13(22(2)12-14-8-10-15(24-3)11-9-14)18-20-17-7-5-4-6-16(17)19(23)21-18/h4-11,13H,12H2,1-3H3,(H,20,21,23)/p+1/t13-/m0/s1. The van der Waals surface area contributed by atoms with E-state index in [0.717, 1.165) is 17.9 Å². The Labute approximate surface area is 145 Å². The Hall–Kier alpha value is -2.11. The summed E-state index contributed by atoms with van der Waals surface area (Å²) in [7, 11) is 2.13. The van der Waals surface area contributed by atoms with E-state index in [1.165, 1.54) is 15.4 Å². The van der Waals surface area contributed by atoms with Crippen LogP contribution in [0.1, 0.15) is 24.4 Å². The molecule has 4 nitrogen and oxygen atoms in total. The normalized spacial score (nSPS) is 13.8. The molecule has 0 saturated carbocycles. The molecule has 0 aliphatic heterocycles. The van der Waals surface area contributed by atoms with Crippen LogP contribution in [-0.4, -0.2) is 23.3 Å². The minimum absolute atomic E-state index is 0.0698. The van der Waals surface area contributed by atoms with Gasteiger partial charge >= 0.3 is 0 Å². The number of nitrogens with one attached hydrogen (secondary N) is 2. The van der Waals surface area contributed by atoms with Gasteiger partial charge in [0.15, 0.2) is 5.82 Å². The zero-order valence-electron chi connectivity index (χ0n) is 14.2. The Morgan fingerprint density at radius 3 is 2.58 bits per heavy atom. The maximum Gasteiger partial charge on any atom is 0.258 e. The molecule has 0 aliphatic rings. The first-order chi connectivity index (χ1) is 11.6. The number of aromatic amines is 1. The third-order valence-corrected chi connectivity index (χ3v) is 5.17. The lowest BCUT2D eigenvalue weighted by molar-refractivity contribution is -0.924. The molecule has 0 spiro atoms. The minimum atomic E-state index is -0.0698. The fourth-order valence-corrected chi connectivity index (χ4v) is 3.17. The van der Waals surface area contributed by atoms with E-state index >= 15 is 0 Å². The van der Waals surface area contributed by atoms with Crippen molar-refractivity contribution in [3.8, 4) is 0 Å². The molecule has 3 aromatic rings. The number of benzene rings is 2. The van der Waals surface area contributed by atoms with Crippen LogP contribution in [0.4, 0.5) is 0 Å². The highest BCUT2D eigenvalue weighted by atomic mass is 32.2. The average Bonchev–Trinajstić information content (AvgIpc) is 2.61. The Bertz CT molecular complexity index is 889. The SMILES string of the molecule is CSc1ccc(C[NH+](C)[C@@H](C)c2nc3ccccc3c(=O)[nH]2)cc1. The van der Waals surface area contributed by atoms with Gasteiger partial charge in [0.05, 0.1) is 18.0 Å². The molecular weight excluding hydrogens is 318 g/mol. The van der Waals surface area contributed by atoms with Crippen LogP contribution in [0.2, 0.25) is 0 Å². The number of aromatic nitrogens is 2. The number of rotatable bonds is 5. The highest BCUT2D eigenvalue weighted by molar-refractivity contribution is 7.98. The van der Waals surface area contributed by atoms with Gasteiger partial charge in [-0.1, -0.05) is 24.3 Å². The molecule has 1 unspecified atom stereocenters. The van der Waals surface area contributed by atoms with Crippen LogP contribution in [-0.2, 0) is 6.54 Å². The first kappa shape index (κ1) is 16.7. The van der Waals surface area contributed by atoms with Crippen LogP contribution in [0.25, 0.3) is 10.9 Å². The number of para-hydroxylation sites is 1. The van der Waals surface area contributed by atoms with E-state index in [1.807, 2.05) is 18.2 Å². The van der Waals surface area contributed by atoms with Crippen LogP contribution >= 0.6 is 11.8 Å². The zero-order chi connectivity index (χ0) is 17.1. The number of thioether (sulfide) groups is 1. The van der Waals surface area contributed by atoms with Crippen molar-refractivity contribution in [2.75, 3.05) is 13.3 Å². The first-order valence-electron chi connectivity index (χ1n) is 8.02. The Morgan fingerprint density at radius 1 is 1.17 bits per heavy atom. The van der Waals surface area contributed by atoms with Crippen LogP contribution in [0, 0.1) is 0 Å². The third kappa shape index (κ3) is 3.52. The molecule has 1 heterocycles. The summed E-state index contributed by atoms with van der Waals surface area (Å²) in [5.41, 5.74) is 1.96. The van der Waals surface area contributed by atoms with E-state index in [9.17, 15) is 4.79 Å². The molecule has 2 N–H and O–H groups in total. The van der Waals surface area contributed by atoms with Gasteiger partial charge in [0, 0.05) is 10.5 Å². The van der Waals surface area contributed by atoms with Crippen molar-refractivity contribution in [1.29, 1.82) is 0 Å². The highest BCUT2D eigenvalue weighted by Gasteiger charge is 2.19. The molecule has 24 heavy (non-hydrogen) atoms. The van der Waals surface area contributed by atoms with Gasteiger partial charge in [0.2, 0.25) is 0 Å². The van der Waals surface area contributed by atoms with E-state index in [1.54, 1.807) is 17.8 Å². The van der Waals surface area contributed by atoms with Gasteiger partial charge in [-0.15, -0.1) is 11.8 Å². The van der Waals surface area contributed by atoms with Crippen molar-refractivity contribution in [3.63, 3.8) is 0 Å². The predicted molar refractivity (Wildman–Crippen MR) is 99.6 cm³/mol. The van der Waals surface area contributed by atoms with Crippen molar-refractivity contribution in [3.05, 3.63) is 70.3 Å².